The highest BCUT2D eigenvalue weighted by Gasteiger charge is 2.18. The minimum absolute atomic E-state index is 0.292. The molecule has 0 saturated heterocycles. The fourth-order valence-electron chi connectivity index (χ4n) is 1.72. The lowest BCUT2D eigenvalue weighted by Gasteiger charge is -2.08. The molecule has 0 aliphatic carbocycles. The zero-order chi connectivity index (χ0) is 14.2. The molecule has 0 saturated carbocycles. The summed E-state index contributed by atoms with van der Waals surface area (Å²) >= 11 is 6.75. The van der Waals surface area contributed by atoms with Crippen LogP contribution in [0.5, 0.6) is 0 Å². The van der Waals surface area contributed by atoms with Gasteiger partial charge >= 0.3 is 0 Å². The fourth-order valence-corrected chi connectivity index (χ4v) is 2.43. The third kappa shape index (κ3) is 2.82. The van der Waals surface area contributed by atoms with Crippen molar-refractivity contribution in [3.05, 3.63) is 38.5 Å². The van der Waals surface area contributed by atoms with Gasteiger partial charge in [-0.1, -0.05) is 15.9 Å². The Kier molecular flexibility index (Phi) is 3.96. The lowest BCUT2D eigenvalue weighted by Crippen LogP contribution is -2.18. The molecule has 5 nitrogen and oxygen atoms in total. The Hall–Kier alpha value is -1.34. The van der Waals surface area contributed by atoms with E-state index in [1.165, 1.54) is 4.68 Å². The van der Waals surface area contributed by atoms with Crippen molar-refractivity contribution >= 4 is 49.1 Å². The van der Waals surface area contributed by atoms with Gasteiger partial charge in [0.2, 0.25) is 0 Å². The van der Waals surface area contributed by atoms with E-state index in [1.54, 1.807) is 20.0 Å². The number of hydrogen-bond donors (Lipinski definition) is 2. The molecule has 0 aliphatic heterocycles. The van der Waals surface area contributed by atoms with Crippen molar-refractivity contribution in [2.75, 3.05) is 11.1 Å². The number of anilines is 2. The number of halogens is 2. The molecule has 0 aliphatic rings. The standard InChI is InChI=1S/C12H12Br2N4O/c1-6-10(15)11(18(2)17-6)12(19)16-9-5-7(13)3-4-8(9)14/h3-5H,15H2,1-2H3,(H,16,19). The van der Waals surface area contributed by atoms with Crippen molar-refractivity contribution < 1.29 is 4.79 Å². The van der Waals surface area contributed by atoms with E-state index >= 15 is 0 Å². The molecule has 0 fully saturated rings. The Morgan fingerprint density at radius 1 is 1.42 bits per heavy atom. The van der Waals surface area contributed by atoms with Gasteiger partial charge in [-0.2, -0.15) is 5.10 Å². The van der Waals surface area contributed by atoms with E-state index in [2.05, 4.69) is 42.3 Å². The first-order valence-corrected chi connectivity index (χ1v) is 7.04. The number of aryl methyl sites for hydroxylation is 2. The molecule has 2 aromatic rings. The van der Waals surface area contributed by atoms with Gasteiger partial charge in [0.05, 0.1) is 17.1 Å². The van der Waals surface area contributed by atoms with Crippen molar-refractivity contribution in [3.8, 4) is 0 Å². The van der Waals surface area contributed by atoms with Gasteiger partial charge in [-0.05, 0) is 41.1 Å². The van der Waals surface area contributed by atoms with Crippen LogP contribution >= 0.6 is 31.9 Å². The number of rotatable bonds is 2. The highest BCUT2D eigenvalue weighted by molar-refractivity contribution is 9.11. The van der Waals surface area contributed by atoms with E-state index in [1.807, 2.05) is 12.1 Å². The smallest absolute Gasteiger partial charge is 0.276 e. The minimum Gasteiger partial charge on any atom is -0.395 e. The number of nitrogen functional groups attached to an aromatic ring is 1. The van der Waals surface area contributed by atoms with Crippen molar-refractivity contribution in [2.45, 2.75) is 6.92 Å². The van der Waals surface area contributed by atoms with Crippen LogP contribution in [-0.2, 0) is 7.05 Å². The molecule has 0 unspecified atom stereocenters. The number of aromatic nitrogens is 2. The van der Waals surface area contributed by atoms with Crippen molar-refractivity contribution in [1.29, 1.82) is 0 Å². The summed E-state index contributed by atoms with van der Waals surface area (Å²) in [5.74, 6) is -0.292. The highest BCUT2D eigenvalue weighted by Crippen LogP contribution is 2.27. The Balaban J connectivity index is 2.33. The van der Waals surface area contributed by atoms with E-state index < -0.39 is 0 Å². The van der Waals surface area contributed by atoms with E-state index in [9.17, 15) is 4.79 Å². The molecule has 1 amide bonds. The van der Waals surface area contributed by atoms with Crippen LogP contribution in [0.1, 0.15) is 16.2 Å². The number of nitrogens with two attached hydrogens (primary N) is 1. The summed E-state index contributed by atoms with van der Waals surface area (Å²) < 4.78 is 3.15. The van der Waals surface area contributed by atoms with Crippen LogP contribution in [0.3, 0.4) is 0 Å². The van der Waals surface area contributed by atoms with Crippen LogP contribution < -0.4 is 11.1 Å². The number of nitrogens with zero attached hydrogens (tertiary/aromatic N) is 2. The van der Waals surface area contributed by atoms with Crippen molar-refractivity contribution in [1.82, 2.24) is 9.78 Å². The van der Waals surface area contributed by atoms with Crippen LogP contribution in [0.2, 0.25) is 0 Å². The minimum atomic E-state index is -0.292. The average Bonchev–Trinajstić information content (AvgIpc) is 2.58. The topological polar surface area (TPSA) is 72.9 Å². The lowest BCUT2D eigenvalue weighted by atomic mass is 10.2. The SMILES string of the molecule is Cc1nn(C)c(C(=O)Nc2cc(Br)ccc2Br)c1N. The number of benzene rings is 1. The molecule has 1 aromatic heterocycles. The van der Waals surface area contributed by atoms with Gasteiger partial charge in [0.1, 0.15) is 5.69 Å². The molecule has 2 rings (SSSR count). The number of carbonyl (C=O) groups excluding carboxylic acids is 1. The molecule has 100 valence electrons. The highest BCUT2D eigenvalue weighted by atomic mass is 79.9. The molecule has 19 heavy (non-hydrogen) atoms. The lowest BCUT2D eigenvalue weighted by molar-refractivity contribution is 0.101. The van der Waals surface area contributed by atoms with Crippen molar-refractivity contribution in [3.63, 3.8) is 0 Å². The summed E-state index contributed by atoms with van der Waals surface area (Å²) in [7, 11) is 1.69. The summed E-state index contributed by atoms with van der Waals surface area (Å²) in [5, 5.41) is 6.93. The van der Waals surface area contributed by atoms with Crippen LogP contribution in [0.4, 0.5) is 11.4 Å². The second-order valence-electron chi connectivity index (χ2n) is 4.05. The predicted octanol–water partition coefficient (Wildman–Crippen LogP) is 3.09. The molecule has 0 atom stereocenters. The zero-order valence-electron chi connectivity index (χ0n) is 10.4. The van der Waals surface area contributed by atoms with Gasteiger partial charge in [0.25, 0.3) is 5.91 Å². The second-order valence-corrected chi connectivity index (χ2v) is 5.82. The quantitative estimate of drug-likeness (QED) is 0.831. The Labute approximate surface area is 127 Å². The van der Waals surface area contributed by atoms with Gasteiger partial charge in [0.15, 0.2) is 0 Å². The average molecular weight is 388 g/mol. The predicted molar refractivity (Wildman–Crippen MR) is 82.2 cm³/mol. The third-order valence-electron chi connectivity index (χ3n) is 2.66. The zero-order valence-corrected chi connectivity index (χ0v) is 13.5. The van der Waals surface area contributed by atoms with Gasteiger partial charge in [-0.15, -0.1) is 0 Å². The van der Waals surface area contributed by atoms with E-state index in [0.29, 0.717) is 22.8 Å². The van der Waals surface area contributed by atoms with Gasteiger partial charge < -0.3 is 11.1 Å². The first-order valence-electron chi connectivity index (χ1n) is 5.45. The first-order chi connectivity index (χ1) is 8.90. The maximum atomic E-state index is 12.2. The molecule has 1 aromatic carbocycles. The van der Waals surface area contributed by atoms with Gasteiger partial charge in [0, 0.05) is 16.0 Å². The second kappa shape index (κ2) is 5.34. The first kappa shape index (κ1) is 14.1. The molecule has 3 N–H and O–H groups in total. The van der Waals surface area contributed by atoms with E-state index in [0.717, 1.165) is 8.95 Å². The van der Waals surface area contributed by atoms with Crippen LogP contribution in [0.15, 0.2) is 27.1 Å². The summed E-state index contributed by atoms with van der Waals surface area (Å²) in [6.07, 6.45) is 0. The van der Waals surface area contributed by atoms with Crippen LogP contribution in [0, 0.1) is 6.92 Å². The van der Waals surface area contributed by atoms with Crippen LogP contribution in [-0.4, -0.2) is 15.7 Å². The molecule has 7 heteroatoms. The van der Waals surface area contributed by atoms with Gasteiger partial charge in [-0.25, -0.2) is 0 Å². The normalized spacial score (nSPS) is 10.5. The van der Waals surface area contributed by atoms with Crippen molar-refractivity contribution in [2.24, 2.45) is 7.05 Å². The summed E-state index contributed by atoms with van der Waals surface area (Å²) in [6.45, 7) is 1.77. The van der Waals surface area contributed by atoms with Crippen LogP contribution in [0.25, 0.3) is 0 Å². The van der Waals surface area contributed by atoms with Gasteiger partial charge in [-0.3, -0.25) is 9.48 Å². The third-order valence-corrected chi connectivity index (χ3v) is 3.84. The molecule has 0 spiro atoms. The summed E-state index contributed by atoms with van der Waals surface area (Å²) in [4.78, 5) is 12.2. The molecule has 0 bridgehead atoms. The number of amides is 1. The molecular formula is C12H12Br2N4O. The number of carbonyl (C=O) groups is 1. The molecule has 0 radical (unpaired) electrons. The maximum Gasteiger partial charge on any atom is 0.276 e. The largest absolute Gasteiger partial charge is 0.395 e. The molecular weight excluding hydrogens is 376 g/mol. The summed E-state index contributed by atoms with van der Waals surface area (Å²) in [5.41, 5.74) is 7.91. The van der Waals surface area contributed by atoms with E-state index in [-0.39, 0.29) is 5.91 Å². The summed E-state index contributed by atoms with van der Waals surface area (Å²) in [6, 6.07) is 5.53. The monoisotopic (exact) mass is 386 g/mol. The Morgan fingerprint density at radius 3 is 2.68 bits per heavy atom. The number of nitrogens with one attached hydrogen (secondary N) is 1. The number of hydrogen-bond acceptors (Lipinski definition) is 3. The molecule has 1 heterocycles. The van der Waals surface area contributed by atoms with E-state index in [4.69, 9.17) is 5.73 Å². The Morgan fingerprint density at radius 2 is 2.11 bits per heavy atom. The maximum absolute atomic E-state index is 12.2. The fraction of sp³-hybridized carbons (Fsp3) is 0.167. The Bertz CT molecular complexity index is 651.